The quantitative estimate of drug-likeness (QED) is 0.527. The topological polar surface area (TPSA) is 68.2 Å². The Kier molecular flexibility index (Phi) is 3.78. The summed E-state index contributed by atoms with van der Waals surface area (Å²) >= 11 is 6.33. The van der Waals surface area contributed by atoms with E-state index in [4.69, 9.17) is 22.3 Å². The number of aryl methyl sites for hydroxylation is 1. The molecule has 0 atom stereocenters. The number of aromatic nitrogens is 3. The number of nitrogens with two attached hydrogens (primary N) is 1. The van der Waals surface area contributed by atoms with Crippen LogP contribution in [0.2, 0.25) is 5.02 Å². The van der Waals surface area contributed by atoms with Gasteiger partial charge in [-0.3, -0.25) is 0 Å². The highest BCUT2D eigenvalue weighted by Gasteiger charge is 2.11. The minimum atomic E-state index is 0.644. The first-order chi connectivity index (χ1) is 12.1. The number of nitrogen functional groups attached to an aromatic ring is 1. The Morgan fingerprint density at radius 2 is 2.00 bits per heavy atom. The van der Waals surface area contributed by atoms with Gasteiger partial charge in [0.05, 0.1) is 10.7 Å². The molecule has 5 nitrogen and oxygen atoms in total. The molecular weight excluding hydrogens is 334 g/mol. The van der Waals surface area contributed by atoms with Crippen LogP contribution in [0.3, 0.4) is 0 Å². The van der Waals surface area contributed by atoms with Crippen LogP contribution in [-0.4, -0.2) is 14.4 Å². The summed E-state index contributed by atoms with van der Waals surface area (Å²) in [7, 11) is 0. The molecule has 0 saturated carbocycles. The molecule has 0 radical (unpaired) electrons. The first-order valence-corrected chi connectivity index (χ1v) is 8.21. The van der Waals surface area contributed by atoms with E-state index in [1.807, 2.05) is 66.2 Å². The second kappa shape index (κ2) is 6.11. The molecule has 2 aromatic heterocycles. The van der Waals surface area contributed by atoms with E-state index in [1.165, 1.54) is 0 Å². The van der Waals surface area contributed by atoms with E-state index in [0.29, 0.717) is 10.8 Å². The molecule has 0 aliphatic carbocycles. The Morgan fingerprint density at radius 1 is 1.16 bits per heavy atom. The van der Waals surface area contributed by atoms with Crippen LogP contribution in [0.25, 0.3) is 16.9 Å². The van der Waals surface area contributed by atoms with Gasteiger partial charge in [-0.15, -0.1) is 0 Å². The molecule has 124 valence electrons. The first kappa shape index (κ1) is 15.5. The molecule has 6 heteroatoms. The zero-order valence-electron chi connectivity index (χ0n) is 13.6. The summed E-state index contributed by atoms with van der Waals surface area (Å²) in [6.07, 6.45) is 5.53. The van der Waals surface area contributed by atoms with Gasteiger partial charge >= 0.3 is 0 Å². The molecule has 0 saturated heterocycles. The molecule has 2 aromatic carbocycles. The number of nitrogens with zero attached hydrogens (tertiary/aromatic N) is 3. The van der Waals surface area contributed by atoms with Gasteiger partial charge in [0.1, 0.15) is 0 Å². The van der Waals surface area contributed by atoms with Gasteiger partial charge in [0.2, 0.25) is 0 Å². The van der Waals surface area contributed by atoms with Crippen molar-refractivity contribution in [3.63, 3.8) is 0 Å². The van der Waals surface area contributed by atoms with Gasteiger partial charge in [-0.05, 0) is 30.7 Å². The summed E-state index contributed by atoms with van der Waals surface area (Å²) in [6, 6.07) is 13.5. The van der Waals surface area contributed by atoms with Gasteiger partial charge in [0, 0.05) is 35.5 Å². The molecule has 4 aromatic rings. The molecule has 3 N–H and O–H groups in total. The van der Waals surface area contributed by atoms with Gasteiger partial charge in [-0.1, -0.05) is 35.9 Å². The number of hydrogen-bond donors (Lipinski definition) is 2. The monoisotopic (exact) mass is 349 g/mol. The third-order valence-electron chi connectivity index (χ3n) is 4.07. The van der Waals surface area contributed by atoms with E-state index < -0.39 is 0 Å². The Labute approximate surface area is 150 Å². The summed E-state index contributed by atoms with van der Waals surface area (Å²) < 4.78 is 1.92. The molecule has 4 rings (SSSR count). The largest absolute Gasteiger partial charge is 0.398 e. The van der Waals surface area contributed by atoms with Crippen molar-refractivity contribution in [2.75, 3.05) is 11.1 Å². The van der Waals surface area contributed by atoms with Crippen molar-refractivity contribution in [3.05, 3.63) is 71.6 Å². The number of hydrogen-bond acceptors (Lipinski definition) is 4. The number of anilines is 3. The molecule has 2 heterocycles. The molecule has 0 spiro atoms. The fourth-order valence-corrected chi connectivity index (χ4v) is 2.90. The van der Waals surface area contributed by atoms with Crippen LogP contribution >= 0.6 is 11.6 Å². The maximum Gasteiger partial charge on any atom is 0.180 e. The fraction of sp³-hybridized carbons (Fsp3) is 0.0526. The summed E-state index contributed by atoms with van der Waals surface area (Å²) in [6.45, 7) is 1.97. The number of rotatable bonds is 3. The summed E-state index contributed by atoms with van der Waals surface area (Å²) in [4.78, 5) is 9.12. The van der Waals surface area contributed by atoms with Crippen LogP contribution in [0.15, 0.2) is 61.1 Å². The lowest BCUT2D eigenvalue weighted by Gasteiger charge is -2.11. The van der Waals surface area contributed by atoms with Crippen LogP contribution in [0.5, 0.6) is 0 Å². The maximum absolute atomic E-state index is 6.33. The summed E-state index contributed by atoms with van der Waals surface area (Å²) in [5.74, 6) is 0.644. The fourth-order valence-electron chi connectivity index (χ4n) is 2.67. The maximum atomic E-state index is 6.33. The molecule has 0 fully saturated rings. The predicted octanol–water partition coefficient (Wildman–Crippen LogP) is 4.68. The third kappa shape index (κ3) is 2.90. The number of imidazole rings is 1. The van der Waals surface area contributed by atoms with Crippen molar-refractivity contribution >= 4 is 34.4 Å². The van der Waals surface area contributed by atoms with Crippen molar-refractivity contribution in [2.45, 2.75) is 6.92 Å². The molecule has 0 unspecified atom stereocenters. The summed E-state index contributed by atoms with van der Waals surface area (Å²) in [5.41, 5.74) is 11.0. The lowest BCUT2D eigenvalue weighted by atomic mass is 10.1. The average molecular weight is 350 g/mol. The molecular formula is C19H16ClN5. The van der Waals surface area contributed by atoms with Gasteiger partial charge in [0.25, 0.3) is 0 Å². The number of nitrogens with one attached hydrogen (secondary N) is 1. The lowest BCUT2D eigenvalue weighted by molar-refractivity contribution is 1.13. The van der Waals surface area contributed by atoms with E-state index in [9.17, 15) is 0 Å². The highest BCUT2D eigenvalue weighted by Crippen LogP contribution is 2.29. The van der Waals surface area contributed by atoms with Crippen LogP contribution in [0, 0.1) is 6.92 Å². The first-order valence-electron chi connectivity index (χ1n) is 7.83. The lowest BCUT2D eigenvalue weighted by Crippen LogP contribution is -2.01. The second-order valence-corrected chi connectivity index (χ2v) is 6.22. The van der Waals surface area contributed by atoms with Crippen molar-refractivity contribution in [1.29, 1.82) is 0 Å². The number of halogens is 1. The van der Waals surface area contributed by atoms with Crippen molar-refractivity contribution in [1.82, 2.24) is 14.4 Å². The zero-order valence-corrected chi connectivity index (χ0v) is 14.3. The van der Waals surface area contributed by atoms with Gasteiger partial charge in [-0.25, -0.2) is 9.97 Å². The Morgan fingerprint density at radius 3 is 2.80 bits per heavy atom. The average Bonchev–Trinajstić information content (AvgIpc) is 3.07. The molecule has 0 aliphatic heterocycles. The minimum absolute atomic E-state index is 0.644. The van der Waals surface area contributed by atoms with Crippen LogP contribution in [0.1, 0.15) is 5.56 Å². The Balaban J connectivity index is 1.84. The second-order valence-electron chi connectivity index (χ2n) is 5.81. The zero-order chi connectivity index (χ0) is 17.4. The van der Waals surface area contributed by atoms with E-state index >= 15 is 0 Å². The SMILES string of the molecule is Cc1ccc(Nc2nc(-c3ccccc3Cl)cn3ccnc23)cc1N. The molecule has 0 aliphatic rings. The van der Waals surface area contributed by atoms with Crippen molar-refractivity contribution < 1.29 is 0 Å². The smallest absolute Gasteiger partial charge is 0.180 e. The normalized spacial score (nSPS) is 11.0. The minimum Gasteiger partial charge on any atom is -0.398 e. The van der Waals surface area contributed by atoms with Crippen LogP contribution in [-0.2, 0) is 0 Å². The van der Waals surface area contributed by atoms with Gasteiger partial charge in [-0.2, -0.15) is 0 Å². The highest BCUT2D eigenvalue weighted by atomic mass is 35.5. The van der Waals surface area contributed by atoms with E-state index in [2.05, 4.69) is 10.3 Å². The van der Waals surface area contributed by atoms with Crippen LogP contribution < -0.4 is 11.1 Å². The van der Waals surface area contributed by atoms with E-state index in [1.54, 1.807) is 6.20 Å². The standard InChI is InChI=1S/C19H16ClN5/c1-12-6-7-13(10-16(12)21)23-18-19-22-8-9-25(19)11-17(24-18)14-4-2-3-5-15(14)20/h2-11H,21H2,1H3,(H,23,24). The van der Waals surface area contributed by atoms with Gasteiger partial charge in [0.15, 0.2) is 11.5 Å². The highest BCUT2D eigenvalue weighted by molar-refractivity contribution is 6.33. The predicted molar refractivity (Wildman–Crippen MR) is 102 cm³/mol. The Bertz CT molecular complexity index is 1070. The van der Waals surface area contributed by atoms with Crippen molar-refractivity contribution in [3.8, 4) is 11.3 Å². The van der Waals surface area contributed by atoms with Crippen molar-refractivity contribution in [2.24, 2.45) is 0 Å². The summed E-state index contributed by atoms with van der Waals surface area (Å²) in [5, 5.41) is 3.97. The molecule has 25 heavy (non-hydrogen) atoms. The van der Waals surface area contributed by atoms with E-state index in [0.717, 1.165) is 33.8 Å². The molecule has 0 bridgehead atoms. The Hall–Kier alpha value is -3.05. The molecule has 0 amide bonds. The van der Waals surface area contributed by atoms with Crippen LogP contribution in [0.4, 0.5) is 17.2 Å². The van der Waals surface area contributed by atoms with Gasteiger partial charge < -0.3 is 15.5 Å². The third-order valence-corrected chi connectivity index (χ3v) is 4.40. The van der Waals surface area contributed by atoms with E-state index in [-0.39, 0.29) is 0 Å². The number of benzene rings is 2. The number of fused-ring (bicyclic) bond motifs is 1.